The summed E-state index contributed by atoms with van der Waals surface area (Å²) >= 11 is 0. The van der Waals surface area contributed by atoms with Crippen LogP contribution in [0.2, 0.25) is 0 Å². The number of methoxy groups -OCH3 is 1. The molecule has 0 saturated carbocycles. The van der Waals surface area contributed by atoms with Gasteiger partial charge in [-0.1, -0.05) is 17.7 Å². The maximum absolute atomic E-state index is 11.9. The second-order valence-corrected chi connectivity index (χ2v) is 4.42. The average molecular weight is 247 g/mol. The number of nitrogens with zero attached hydrogens (tertiary/aromatic N) is 1. The number of hydrogen-bond acceptors (Lipinski definition) is 2. The first-order valence-electron chi connectivity index (χ1n) is 6.13. The van der Waals surface area contributed by atoms with Gasteiger partial charge in [0.25, 0.3) is 0 Å². The Morgan fingerprint density at radius 2 is 1.89 bits per heavy atom. The third-order valence-corrected chi connectivity index (χ3v) is 2.64. The monoisotopic (exact) mass is 247 g/mol. The first-order valence-corrected chi connectivity index (χ1v) is 6.13. The van der Waals surface area contributed by atoms with Crippen LogP contribution >= 0.6 is 0 Å². The minimum atomic E-state index is 0.0633. The van der Waals surface area contributed by atoms with Gasteiger partial charge in [0.15, 0.2) is 0 Å². The smallest absolute Gasteiger partial charge is 0.246 e. The second kappa shape index (κ2) is 6.84. The molecule has 3 heteroatoms. The lowest BCUT2D eigenvalue weighted by Crippen LogP contribution is -2.28. The van der Waals surface area contributed by atoms with Crippen LogP contribution in [0.1, 0.15) is 26.3 Å². The number of benzene rings is 1. The van der Waals surface area contributed by atoms with Crippen LogP contribution in [-0.4, -0.2) is 24.5 Å². The highest BCUT2D eigenvalue weighted by Crippen LogP contribution is 2.13. The summed E-state index contributed by atoms with van der Waals surface area (Å²) in [4.78, 5) is 13.8. The van der Waals surface area contributed by atoms with Gasteiger partial charge in [0.05, 0.1) is 7.11 Å². The highest BCUT2D eigenvalue weighted by atomic mass is 16.5. The number of ether oxygens (including phenoxy) is 1. The van der Waals surface area contributed by atoms with Crippen LogP contribution in [0.25, 0.3) is 0 Å². The van der Waals surface area contributed by atoms with Crippen molar-refractivity contribution in [3.8, 4) is 5.75 Å². The summed E-state index contributed by atoms with van der Waals surface area (Å²) in [5.74, 6) is 0.894. The Labute approximate surface area is 109 Å². The van der Waals surface area contributed by atoms with E-state index in [0.29, 0.717) is 13.1 Å². The van der Waals surface area contributed by atoms with Gasteiger partial charge in [-0.15, -0.1) is 0 Å². The highest BCUT2D eigenvalue weighted by Gasteiger charge is 2.09. The lowest BCUT2D eigenvalue weighted by atomic mass is 10.2. The predicted molar refractivity (Wildman–Crippen MR) is 73.5 cm³/mol. The molecule has 0 aromatic heterocycles. The summed E-state index contributed by atoms with van der Waals surface area (Å²) in [7, 11) is 1.64. The van der Waals surface area contributed by atoms with Crippen molar-refractivity contribution in [2.24, 2.45) is 0 Å². The Kier molecular flexibility index (Phi) is 5.43. The number of carbonyl (C=O) groups is 1. The lowest BCUT2D eigenvalue weighted by molar-refractivity contribution is -0.126. The summed E-state index contributed by atoms with van der Waals surface area (Å²) in [6.45, 7) is 7.18. The van der Waals surface area contributed by atoms with Crippen molar-refractivity contribution in [1.82, 2.24) is 4.90 Å². The summed E-state index contributed by atoms with van der Waals surface area (Å²) in [6.07, 6.45) is 1.67. The zero-order valence-corrected chi connectivity index (χ0v) is 11.6. The topological polar surface area (TPSA) is 29.5 Å². The molecule has 0 radical (unpaired) electrons. The number of rotatable bonds is 5. The summed E-state index contributed by atoms with van der Waals surface area (Å²) < 4.78 is 5.11. The maximum Gasteiger partial charge on any atom is 0.246 e. The fraction of sp³-hybridized carbons (Fsp3) is 0.400. The molecule has 3 nitrogen and oxygen atoms in total. The first-order chi connectivity index (χ1) is 8.56. The van der Waals surface area contributed by atoms with E-state index in [4.69, 9.17) is 4.74 Å². The van der Waals surface area contributed by atoms with Gasteiger partial charge in [0.1, 0.15) is 5.75 Å². The molecule has 0 atom stereocenters. The van der Waals surface area contributed by atoms with Gasteiger partial charge in [0, 0.05) is 19.2 Å². The molecular weight excluding hydrogens is 226 g/mol. The van der Waals surface area contributed by atoms with Crippen molar-refractivity contribution < 1.29 is 9.53 Å². The predicted octanol–water partition coefficient (Wildman–Crippen LogP) is 3.01. The number of amides is 1. The molecule has 1 amide bonds. The van der Waals surface area contributed by atoms with Crippen LogP contribution in [0.3, 0.4) is 0 Å². The Morgan fingerprint density at radius 1 is 1.28 bits per heavy atom. The van der Waals surface area contributed by atoms with Crippen molar-refractivity contribution in [2.75, 3.05) is 13.7 Å². The number of allylic oxidation sites excluding steroid dienone is 1. The number of carbonyl (C=O) groups excluding carboxylic acids is 1. The van der Waals surface area contributed by atoms with Crippen molar-refractivity contribution in [1.29, 1.82) is 0 Å². The van der Waals surface area contributed by atoms with E-state index in [9.17, 15) is 4.79 Å². The fourth-order valence-corrected chi connectivity index (χ4v) is 1.64. The van der Waals surface area contributed by atoms with E-state index >= 15 is 0 Å². The molecule has 0 aliphatic heterocycles. The largest absolute Gasteiger partial charge is 0.497 e. The average Bonchev–Trinajstić information content (AvgIpc) is 2.35. The Bertz CT molecular complexity index is 417. The molecule has 1 rings (SSSR count). The molecule has 1 aromatic rings. The van der Waals surface area contributed by atoms with Crippen LogP contribution in [0.5, 0.6) is 5.75 Å². The first kappa shape index (κ1) is 14.3. The molecule has 1 aromatic carbocycles. The SMILES string of the molecule is CCN(Cc1ccc(OC)cc1)C(=O)C=C(C)C. The normalized spacial score (nSPS) is 9.78. The standard InChI is InChI=1S/C15H21NO2/c1-5-16(15(17)10-12(2)3)11-13-6-8-14(18-4)9-7-13/h6-10H,5,11H2,1-4H3. The summed E-state index contributed by atoms with van der Waals surface area (Å²) in [5, 5.41) is 0. The minimum absolute atomic E-state index is 0.0633. The van der Waals surface area contributed by atoms with Gasteiger partial charge in [-0.25, -0.2) is 0 Å². The van der Waals surface area contributed by atoms with Crippen LogP contribution in [0, 0.1) is 0 Å². The lowest BCUT2D eigenvalue weighted by Gasteiger charge is -2.19. The number of hydrogen-bond donors (Lipinski definition) is 0. The maximum atomic E-state index is 11.9. The molecule has 0 aliphatic carbocycles. The quantitative estimate of drug-likeness (QED) is 0.749. The van der Waals surface area contributed by atoms with Gasteiger partial charge in [-0.2, -0.15) is 0 Å². The van der Waals surface area contributed by atoms with Crippen LogP contribution in [0.15, 0.2) is 35.9 Å². The van der Waals surface area contributed by atoms with E-state index in [1.54, 1.807) is 13.2 Å². The van der Waals surface area contributed by atoms with Crippen molar-refractivity contribution in [2.45, 2.75) is 27.3 Å². The third-order valence-electron chi connectivity index (χ3n) is 2.64. The van der Waals surface area contributed by atoms with Crippen LogP contribution in [0.4, 0.5) is 0 Å². The molecule has 0 aliphatic rings. The van der Waals surface area contributed by atoms with Gasteiger partial charge in [-0.05, 0) is 38.5 Å². The highest BCUT2D eigenvalue weighted by molar-refractivity contribution is 5.88. The molecule has 0 N–H and O–H groups in total. The van der Waals surface area contributed by atoms with Crippen molar-refractivity contribution in [3.05, 3.63) is 41.5 Å². The van der Waals surface area contributed by atoms with E-state index in [1.807, 2.05) is 49.9 Å². The number of likely N-dealkylation sites (N-methyl/N-ethyl adjacent to an activating group) is 1. The van der Waals surface area contributed by atoms with Gasteiger partial charge >= 0.3 is 0 Å². The zero-order chi connectivity index (χ0) is 13.5. The Hall–Kier alpha value is -1.77. The van der Waals surface area contributed by atoms with Crippen LogP contribution in [-0.2, 0) is 11.3 Å². The van der Waals surface area contributed by atoms with Gasteiger partial charge in [0.2, 0.25) is 5.91 Å². The van der Waals surface area contributed by atoms with Crippen LogP contribution < -0.4 is 4.74 Å². The van der Waals surface area contributed by atoms with E-state index < -0.39 is 0 Å². The third kappa shape index (κ3) is 4.24. The van der Waals surface area contributed by atoms with E-state index in [2.05, 4.69) is 0 Å². The Morgan fingerprint density at radius 3 is 2.33 bits per heavy atom. The molecule has 0 fully saturated rings. The Balaban J connectivity index is 2.73. The molecule has 0 heterocycles. The molecule has 0 bridgehead atoms. The molecule has 0 saturated heterocycles. The van der Waals surface area contributed by atoms with Gasteiger partial charge in [-0.3, -0.25) is 4.79 Å². The molecule has 18 heavy (non-hydrogen) atoms. The van der Waals surface area contributed by atoms with Gasteiger partial charge < -0.3 is 9.64 Å². The summed E-state index contributed by atoms with van der Waals surface area (Å²) in [5.41, 5.74) is 2.13. The second-order valence-electron chi connectivity index (χ2n) is 4.42. The van der Waals surface area contributed by atoms with Crippen molar-refractivity contribution >= 4 is 5.91 Å². The minimum Gasteiger partial charge on any atom is -0.497 e. The molecule has 0 unspecified atom stereocenters. The summed E-state index contributed by atoms with van der Waals surface area (Å²) in [6, 6.07) is 7.79. The van der Waals surface area contributed by atoms with E-state index in [1.165, 1.54) is 0 Å². The van der Waals surface area contributed by atoms with E-state index in [0.717, 1.165) is 16.9 Å². The molecular formula is C15H21NO2. The fourth-order valence-electron chi connectivity index (χ4n) is 1.64. The zero-order valence-electron chi connectivity index (χ0n) is 11.6. The molecule has 98 valence electrons. The van der Waals surface area contributed by atoms with Crippen molar-refractivity contribution in [3.63, 3.8) is 0 Å². The molecule has 0 spiro atoms. The van der Waals surface area contributed by atoms with E-state index in [-0.39, 0.29) is 5.91 Å².